The Kier molecular flexibility index (Phi) is 4.32. The molecule has 2 heterocycles. The minimum absolute atomic E-state index is 0.0711. The van der Waals surface area contributed by atoms with Crippen molar-refractivity contribution >= 4 is 17.3 Å². The van der Waals surface area contributed by atoms with Gasteiger partial charge < -0.3 is 0 Å². The first-order valence-electron chi connectivity index (χ1n) is 9.52. The predicted octanol–water partition coefficient (Wildman–Crippen LogP) is 4.87. The van der Waals surface area contributed by atoms with E-state index in [4.69, 9.17) is 0 Å². The number of anilines is 1. The molecule has 0 saturated heterocycles. The SMILES string of the molecule is O=C1c2[nH]nc(-c3ccc(F)cc3)c2[C@H](c2cccc([N+](=O)[O-])c2)N1c1ccccc1. The quantitative estimate of drug-likeness (QED) is 0.381. The van der Waals surface area contributed by atoms with Crippen LogP contribution >= 0.6 is 0 Å². The normalized spacial score (nSPS) is 15.2. The number of benzene rings is 3. The number of amides is 1. The number of nitro benzene ring substituents is 1. The van der Waals surface area contributed by atoms with E-state index in [1.807, 2.05) is 18.2 Å². The van der Waals surface area contributed by atoms with Crippen molar-refractivity contribution in [2.75, 3.05) is 4.90 Å². The van der Waals surface area contributed by atoms with Gasteiger partial charge in [0.25, 0.3) is 11.6 Å². The number of hydrogen-bond donors (Lipinski definition) is 1. The van der Waals surface area contributed by atoms with Gasteiger partial charge in [-0.15, -0.1) is 0 Å². The van der Waals surface area contributed by atoms with Gasteiger partial charge in [0.15, 0.2) is 0 Å². The summed E-state index contributed by atoms with van der Waals surface area (Å²) in [6.07, 6.45) is 0. The van der Waals surface area contributed by atoms with E-state index in [9.17, 15) is 19.3 Å². The summed E-state index contributed by atoms with van der Waals surface area (Å²) in [4.78, 5) is 25.9. The second kappa shape index (κ2) is 7.17. The lowest BCUT2D eigenvalue weighted by Crippen LogP contribution is -2.29. The third kappa shape index (κ3) is 3.05. The van der Waals surface area contributed by atoms with E-state index in [1.165, 1.54) is 24.3 Å². The van der Waals surface area contributed by atoms with Crippen molar-refractivity contribution in [2.45, 2.75) is 6.04 Å². The lowest BCUT2D eigenvalue weighted by molar-refractivity contribution is -0.384. The van der Waals surface area contributed by atoms with E-state index in [0.717, 1.165) is 0 Å². The van der Waals surface area contributed by atoms with Crippen LogP contribution in [-0.4, -0.2) is 21.0 Å². The third-order valence-electron chi connectivity index (χ3n) is 5.32. The minimum Gasteiger partial charge on any atom is -0.295 e. The zero-order valence-electron chi connectivity index (χ0n) is 16.0. The summed E-state index contributed by atoms with van der Waals surface area (Å²) in [6.45, 7) is 0. The van der Waals surface area contributed by atoms with Crippen LogP contribution in [-0.2, 0) is 0 Å². The monoisotopic (exact) mass is 414 g/mol. The second-order valence-corrected chi connectivity index (χ2v) is 7.13. The van der Waals surface area contributed by atoms with Crippen molar-refractivity contribution in [1.82, 2.24) is 10.2 Å². The first-order chi connectivity index (χ1) is 15.0. The van der Waals surface area contributed by atoms with Gasteiger partial charge >= 0.3 is 0 Å². The third-order valence-corrected chi connectivity index (χ3v) is 5.32. The molecule has 1 atom stereocenters. The minimum atomic E-state index is -0.636. The molecule has 0 saturated carbocycles. The van der Waals surface area contributed by atoms with Gasteiger partial charge in [-0.05, 0) is 42.0 Å². The molecule has 0 bridgehead atoms. The summed E-state index contributed by atoms with van der Waals surface area (Å²) >= 11 is 0. The van der Waals surface area contributed by atoms with Gasteiger partial charge in [0, 0.05) is 28.9 Å². The zero-order valence-corrected chi connectivity index (χ0v) is 16.0. The highest BCUT2D eigenvalue weighted by molar-refractivity contribution is 6.11. The van der Waals surface area contributed by atoms with Crippen LogP contribution in [0.5, 0.6) is 0 Å². The molecule has 3 aromatic carbocycles. The number of non-ortho nitro benzene ring substituents is 1. The summed E-state index contributed by atoms with van der Waals surface area (Å²) in [5, 5.41) is 18.5. The number of nitrogens with zero attached hydrogens (tertiary/aromatic N) is 3. The molecule has 1 aromatic heterocycles. The maximum Gasteiger partial charge on any atom is 0.277 e. The number of para-hydroxylation sites is 1. The molecule has 5 rings (SSSR count). The average Bonchev–Trinajstić information content (AvgIpc) is 3.34. The standard InChI is InChI=1S/C23H15FN4O3/c24-16-11-9-14(10-12-16)20-19-21(26-25-20)23(29)27(17-6-2-1-3-7-17)22(19)15-5-4-8-18(13-15)28(30)31/h1-13,22H,(H,25,26)/t22-/m0/s1. The number of H-pyrrole nitrogens is 1. The summed E-state index contributed by atoms with van der Waals surface area (Å²) in [5.41, 5.74) is 3.20. The van der Waals surface area contributed by atoms with Crippen LogP contribution in [0.15, 0.2) is 78.9 Å². The van der Waals surface area contributed by atoms with Crippen LogP contribution in [0.25, 0.3) is 11.3 Å². The summed E-state index contributed by atoms with van der Waals surface area (Å²) in [5.74, 6) is -0.674. The first kappa shape index (κ1) is 18.7. The fraction of sp³-hybridized carbons (Fsp3) is 0.0435. The van der Waals surface area contributed by atoms with Gasteiger partial charge in [-0.1, -0.05) is 30.3 Å². The Bertz CT molecular complexity index is 1300. The van der Waals surface area contributed by atoms with Gasteiger partial charge in [0.05, 0.1) is 16.7 Å². The van der Waals surface area contributed by atoms with Crippen molar-refractivity contribution in [1.29, 1.82) is 0 Å². The van der Waals surface area contributed by atoms with Crippen molar-refractivity contribution in [3.63, 3.8) is 0 Å². The van der Waals surface area contributed by atoms with E-state index < -0.39 is 11.0 Å². The van der Waals surface area contributed by atoms with Gasteiger partial charge in [-0.25, -0.2) is 4.39 Å². The number of nitrogens with one attached hydrogen (secondary N) is 1. The van der Waals surface area contributed by atoms with Crippen molar-refractivity contribution in [2.24, 2.45) is 0 Å². The van der Waals surface area contributed by atoms with Crippen LogP contribution in [0.4, 0.5) is 15.8 Å². The van der Waals surface area contributed by atoms with Crippen LogP contribution in [0.3, 0.4) is 0 Å². The van der Waals surface area contributed by atoms with Gasteiger partial charge in [0.2, 0.25) is 0 Å². The lowest BCUT2D eigenvalue weighted by Gasteiger charge is -2.26. The van der Waals surface area contributed by atoms with E-state index in [1.54, 1.807) is 41.3 Å². The van der Waals surface area contributed by atoms with Gasteiger partial charge in [-0.2, -0.15) is 5.10 Å². The molecule has 152 valence electrons. The Labute approximate surface area is 175 Å². The molecule has 1 N–H and O–H groups in total. The fourth-order valence-corrected chi connectivity index (χ4v) is 3.95. The highest BCUT2D eigenvalue weighted by Gasteiger charge is 2.43. The molecular weight excluding hydrogens is 399 g/mol. The first-order valence-corrected chi connectivity index (χ1v) is 9.52. The summed E-state index contributed by atoms with van der Waals surface area (Å²) < 4.78 is 13.5. The maximum atomic E-state index is 13.5. The number of carbonyl (C=O) groups excluding carboxylic acids is 1. The molecule has 4 aromatic rings. The Hall–Kier alpha value is -4.33. The number of nitro groups is 1. The van der Waals surface area contributed by atoms with Crippen LogP contribution in [0.2, 0.25) is 0 Å². The van der Waals surface area contributed by atoms with E-state index in [2.05, 4.69) is 10.2 Å². The molecule has 0 unspecified atom stereocenters. The maximum absolute atomic E-state index is 13.5. The van der Waals surface area contributed by atoms with E-state index in [0.29, 0.717) is 33.8 Å². The van der Waals surface area contributed by atoms with Crippen molar-refractivity contribution < 1.29 is 14.1 Å². The molecule has 0 spiro atoms. The van der Waals surface area contributed by atoms with Crippen molar-refractivity contribution in [3.05, 3.63) is 112 Å². The highest BCUT2D eigenvalue weighted by Crippen LogP contribution is 2.45. The number of aromatic amines is 1. The molecular formula is C23H15FN4O3. The van der Waals surface area contributed by atoms with Crippen molar-refractivity contribution in [3.8, 4) is 11.3 Å². The second-order valence-electron chi connectivity index (χ2n) is 7.13. The largest absolute Gasteiger partial charge is 0.295 e. The number of fused-ring (bicyclic) bond motifs is 1. The highest BCUT2D eigenvalue weighted by atomic mass is 19.1. The Morgan fingerprint density at radius 2 is 1.74 bits per heavy atom. The lowest BCUT2D eigenvalue weighted by atomic mass is 9.95. The van der Waals surface area contributed by atoms with E-state index in [-0.39, 0.29) is 17.4 Å². The van der Waals surface area contributed by atoms with Crippen LogP contribution in [0.1, 0.15) is 27.7 Å². The van der Waals surface area contributed by atoms with Gasteiger partial charge in [0.1, 0.15) is 11.5 Å². The number of aromatic nitrogens is 2. The summed E-state index contributed by atoms with van der Waals surface area (Å²) in [6, 6.07) is 20.5. The molecule has 1 amide bonds. The zero-order chi connectivity index (χ0) is 21.5. The predicted molar refractivity (Wildman–Crippen MR) is 112 cm³/mol. The summed E-state index contributed by atoms with van der Waals surface area (Å²) in [7, 11) is 0. The van der Waals surface area contributed by atoms with E-state index >= 15 is 0 Å². The molecule has 1 aliphatic heterocycles. The molecule has 8 heteroatoms. The average molecular weight is 414 g/mol. The van der Waals surface area contributed by atoms with Crippen LogP contribution in [0, 0.1) is 15.9 Å². The number of hydrogen-bond acceptors (Lipinski definition) is 4. The van der Waals surface area contributed by atoms with Crippen LogP contribution < -0.4 is 4.90 Å². The molecule has 1 aliphatic rings. The Balaban J connectivity index is 1.74. The number of rotatable bonds is 4. The number of carbonyl (C=O) groups is 1. The Morgan fingerprint density at radius 3 is 2.45 bits per heavy atom. The fourth-order valence-electron chi connectivity index (χ4n) is 3.95. The topological polar surface area (TPSA) is 92.1 Å². The molecule has 0 fully saturated rings. The van der Waals surface area contributed by atoms with Gasteiger partial charge in [-0.3, -0.25) is 24.9 Å². The molecule has 0 aliphatic carbocycles. The molecule has 7 nitrogen and oxygen atoms in total. The smallest absolute Gasteiger partial charge is 0.277 e. The number of halogens is 1. The molecule has 0 radical (unpaired) electrons. The molecule has 31 heavy (non-hydrogen) atoms. The Morgan fingerprint density at radius 1 is 1.00 bits per heavy atom.